The van der Waals surface area contributed by atoms with Gasteiger partial charge in [-0.1, -0.05) is 65.8 Å². The number of nitrogens with two attached hydrogens (primary N) is 1. The zero-order valence-corrected chi connectivity index (χ0v) is 33.4. The van der Waals surface area contributed by atoms with Crippen molar-refractivity contribution in [3.05, 3.63) is 35.5 Å². The molecule has 0 aromatic rings. The fraction of sp³-hybridized carbons (Fsp3) is 0.780. The molecule has 0 unspecified atom stereocenters. The van der Waals surface area contributed by atoms with Gasteiger partial charge in [-0.05, 0) is 87.7 Å². The number of aliphatic hydroxyl groups excluding tert-OH is 2. The van der Waals surface area contributed by atoms with Crippen molar-refractivity contribution in [1.82, 2.24) is 0 Å². The Morgan fingerprint density at radius 3 is 2.42 bits per heavy atom. The third-order valence-corrected chi connectivity index (χ3v) is 11.2. The fourth-order valence-corrected chi connectivity index (χ4v) is 8.07. The summed E-state index contributed by atoms with van der Waals surface area (Å²) < 4.78 is 30.0. The molecule has 0 aliphatic carbocycles. The Kier molecular flexibility index (Phi) is 17.2. The van der Waals surface area contributed by atoms with Crippen molar-refractivity contribution in [2.75, 3.05) is 0 Å². The topological polar surface area (TPSA) is 184 Å². The number of carbonyl (C=O) groups is 3. The molecule has 3 aliphatic rings. The Balaban J connectivity index is 1.90. The van der Waals surface area contributed by atoms with Crippen LogP contribution in [0.4, 0.5) is 4.79 Å². The zero-order valence-electron chi connectivity index (χ0n) is 33.4. The number of ketones is 1. The quantitative estimate of drug-likeness (QED) is 0.151. The molecular formula is C41H67NO11. The number of esters is 1. The summed E-state index contributed by atoms with van der Waals surface area (Å²) in [6.07, 6.45) is 5.26. The Labute approximate surface area is 316 Å². The molecule has 12 heteroatoms. The van der Waals surface area contributed by atoms with Crippen molar-refractivity contribution >= 4 is 17.8 Å². The average molecular weight is 750 g/mol. The van der Waals surface area contributed by atoms with E-state index in [2.05, 4.69) is 19.1 Å². The second-order valence-corrected chi connectivity index (χ2v) is 16.1. The molecule has 302 valence electrons. The predicted octanol–water partition coefficient (Wildman–Crippen LogP) is 6.04. The number of primary amides is 1. The lowest BCUT2D eigenvalue weighted by Gasteiger charge is -2.38. The minimum absolute atomic E-state index is 0.00488. The van der Waals surface area contributed by atoms with Crippen molar-refractivity contribution in [3.63, 3.8) is 0 Å². The van der Waals surface area contributed by atoms with Crippen molar-refractivity contribution in [3.8, 4) is 0 Å². The molecule has 0 aromatic carbocycles. The Bertz CT molecular complexity index is 1310. The van der Waals surface area contributed by atoms with Gasteiger partial charge in [-0.25, -0.2) is 4.79 Å². The van der Waals surface area contributed by atoms with Crippen LogP contribution in [0.3, 0.4) is 0 Å². The number of hydrogen-bond donors (Lipinski definition) is 4. The van der Waals surface area contributed by atoms with Gasteiger partial charge >= 0.3 is 12.1 Å². The number of rotatable bonds is 10. The maximum atomic E-state index is 13.6. The van der Waals surface area contributed by atoms with Gasteiger partial charge in [0.25, 0.3) is 0 Å². The lowest BCUT2D eigenvalue weighted by atomic mass is 9.79. The number of aliphatic hydroxyl groups is 3. The lowest BCUT2D eigenvalue weighted by molar-refractivity contribution is -0.254. The minimum atomic E-state index is -1.73. The van der Waals surface area contributed by atoms with Gasteiger partial charge in [0.15, 0.2) is 12.1 Å². The molecular weight excluding hydrogens is 682 g/mol. The highest BCUT2D eigenvalue weighted by molar-refractivity contribution is 5.80. The molecule has 3 aliphatic heterocycles. The van der Waals surface area contributed by atoms with E-state index in [-0.39, 0.29) is 54.8 Å². The first-order chi connectivity index (χ1) is 24.8. The molecule has 3 rings (SSSR count). The summed E-state index contributed by atoms with van der Waals surface area (Å²) in [7, 11) is 0. The molecule has 0 aromatic heterocycles. The van der Waals surface area contributed by atoms with Gasteiger partial charge in [0.05, 0.1) is 24.7 Å². The van der Waals surface area contributed by atoms with Crippen molar-refractivity contribution in [1.29, 1.82) is 0 Å². The van der Waals surface area contributed by atoms with Crippen LogP contribution in [-0.4, -0.2) is 88.0 Å². The van der Waals surface area contributed by atoms with Crippen LogP contribution in [0.1, 0.15) is 120 Å². The molecule has 0 spiro atoms. The highest BCUT2D eigenvalue weighted by Gasteiger charge is 2.41. The van der Waals surface area contributed by atoms with Crippen LogP contribution in [0.25, 0.3) is 0 Å². The molecule has 1 amide bonds. The molecule has 14 atom stereocenters. The minimum Gasteiger partial charge on any atom is -0.462 e. The van der Waals surface area contributed by atoms with E-state index < -0.39 is 66.7 Å². The van der Waals surface area contributed by atoms with E-state index in [1.807, 2.05) is 46.8 Å². The molecule has 3 heterocycles. The fourth-order valence-electron chi connectivity index (χ4n) is 8.07. The molecule has 1 saturated heterocycles. The summed E-state index contributed by atoms with van der Waals surface area (Å²) in [5.74, 6) is -3.23. The van der Waals surface area contributed by atoms with E-state index in [0.29, 0.717) is 32.1 Å². The van der Waals surface area contributed by atoms with Crippen LogP contribution in [0, 0.1) is 29.6 Å². The van der Waals surface area contributed by atoms with E-state index in [1.54, 1.807) is 20.8 Å². The average Bonchev–Trinajstić information content (AvgIpc) is 3.09. The Hall–Kier alpha value is -2.61. The largest absolute Gasteiger partial charge is 0.462 e. The van der Waals surface area contributed by atoms with Crippen LogP contribution >= 0.6 is 0 Å². The third kappa shape index (κ3) is 13.3. The summed E-state index contributed by atoms with van der Waals surface area (Å²) in [4.78, 5) is 37.5. The number of allylic oxidation sites excluding steroid dienone is 2. The molecule has 2 bridgehead atoms. The lowest BCUT2D eigenvalue weighted by Crippen LogP contribution is -2.50. The number of hydrogen-bond acceptors (Lipinski definition) is 11. The number of cyclic esters (lactones) is 1. The first-order valence-electron chi connectivity index (χ1n) is 19.6. The molecule has 12 nitrogen and oxygen atoms in total. The monoisotopic (exact) mass is 749 g/mol. The summed E-state index contributed by atoms with van der Waals surface area (Å²) >= 11 is 0. The first-order valence-corrected chi connectivity index (χ1v) is 19.6. The van der Waals surface area contributed by atoms with Crippen molar-refractivity contribution < 1.29 is 53.4 Å². The van der Waals surface area contributed by atoms with Crippen LogP contribution in [0.2, 0.25) is 0 Å². The maximum Gasteiger partial charge on any atom is 0.404 e. The zero-order chi connectivity index (χ0) is 39.6. The van der Waals surface area contributed by atoms with E-state index in [1.165, 1.54) is 0 Å². The van der Waals surface area contributed by atoms with Gasteiger partial charge in [0, 0.05) is 25.2 Å². The van der Waals surface area contributed by atoms with Crippen molar-refractivity contribution in [2.45, 2.75) is 175 Å². The second kappa shape index (κ2) is 20.3. The molecule has 0 radical (unpaired) electrons. The summed E-state index contributed by atoms with van der Waals surface area (Å²) in [6.45, 7) is 17.2. The van der Waals surface area contributed by atoms with Crippen LogP contribution in [-0.2, 0) is 33.3 Å². The highest BCUT2D eigenvalue weighted by atomic mass is 16.7. The third-order valence-electron chi connectivity index (χ3n) is 11.2. The van der Waals surface area contributed by atoms with Gasteiger partial charge in [-0.15, -0.1) is 0 Å². The van der Waals surface area contributed by atoms with Gasteiger partial charge < -0.3 is 44.7 Å². The second-order valence-electron chi connectivity index (χ2n) is 16.1. The van der Waals surface area contributed by atoms with Crippen LogP contribution < -0.4 is 5.73 Å². The van der Waals surface area contributed by atoms with E-state index in [0.717, 1.165) is 17.6 Å². The Morgan fingerprint density at radius 1 is 1.08 bits per heavy atom. The number of carbonyl (C=O) groups excluding carboxylic acids is 3. The highest BCUT2D eigenvalue weighted by Crippen LogP contribution is 2.35. The van der Waals surface area contributed by atoms with E-state index >= 15 is 0 Å². The molecule has 0 saturated carbocycles. The predicted molar refractivity (Wildman–Crippen MR) is 200 cm³/mol. The van der Waals surface area contributed by atoms with Crippen molar-refractivity contribution in [2.24, 2.45) is 35.3 Å². The number of amides is 1. The maximum absolute atomic E-state index is 13.6. The number of Topliss-reactive ketones (excluding diaryl/α,β-unsaturated/α-hetero) is 1. The number of ether oxygens (including phenoxy) is 5. The summed E-state index contributed by atoms with van der Waals surface area (Å²) in [5.41, 5.74) is 7.13. The van der Waals surface area contributed by atoms with Gasteiger partial charge in [-0.3, -0.25) is 9.59 Å². The van der Waals surface area contributed by atoms with Gasteiger partial charge in [0.1, 0.15) is 30.2 Å². The molecule has 53 heavy (non-hydrogen) atoms. The number of fused-ring (bicyclic) bond motifs is 2. The van der Waals surface area contributed by atoms with E-state index in [4.69, 9.17) is 29.4 Å². The van der Waals surface area contributed by atoms with Crippen LogP contribution in [0.15, 0.2) is 35.5 Å². The van der Waals surface area contributed by atoms with Crippen LogP contribution in [0.5, 0.6) is 0 Å². The standard InChI is InChI=1S/C41H67NO11/c1-10-32(43)29(8)36(45)26(5)20-28(7)38-27(6)19-23(2)15-16-31(50-35-21-33(51-40(42)47)37(46)30(9)49-35)14-12-11-13-24(3)39-25(4)17-18-41(48,53-39)22-34(44)52-38/h13,15-17,23,26-31,33,35-39,45-46,48H,10-12,14,18-22H2,1-9H3,(H2,42,47)/t23-,26+,27+,28+,29+,30+,31+,33+,35-,36-,37+,38-,39+,41+/m0/s1. The summed E-state index contributed by atoms with van der Waals surface area (Å²) in [6, 6.07) is 0. The molecule has 5 N–H and O–H groups in total. The molecule has 1 fully saturated rings. The Morgan fingerprint density at radius 2 is 1.75 bits per heavy atom. The normalized spacial score (nSPS) is 36.0. The van der Waals surface area contributed by atoms with Gasteiger partial charge in [-0.2, -0.15) is 0 Å². The van der Waals surface area contributed by atoms with Gasteiger partial charge in [0.2, 0.25) is 0 Å². The SMILES string of the molecule is CCC(=O)[C@@H](C)[C@@H](O)[C@H](C)C[C@@H](C)[C@H]1OC(=O)C[C@@]2(O)CC=C(C)[C@H](O2)C(C)=CCCC[C@@H](O[C@H]2C[C@@H](OC(N)=O)[C@H](O)[C@@H](C)O2)C=C[C@H](C)C[C@H]1C. The smallest absolute Gasteiger partial charge is 0.404 e. The first kappa shape index (κ1) is 44.8. The van der Waals surface area contributed by atoms with E-state index in [9.17, 15) is 29.7 Å². The summed E-state index contributed by atoms with van der Waals surface area (Å²) in [5, 5.41) is 33.1.